The van der Waals surface area contributed by atoms with Crippen molar-refractivity contribution in [2.45, 2.75) is 6.92 Å². The van der Waals surface area contributed by atoms with Gasteiger partial charge >= 0.3 is 0 Å². The summed E-state index contributed by atoms with van der Waals surface area (Å²) in [5.74, 6) is 0.729. The lowest BCUT2D eigenvalue weighted by atomic mass is 10.5. The molecule has 2 aromatic heterocycles. The summed E-state index contributed by atoms with van der Waals surface area (Å²) in [6, 6.07) is 0. The maximum absolute atomic E-state index is 11.2. The number of hydrogen-bond donors (Lipinski definition) is 3. The average Bonchev–Trinajstić information content (AvgIpc) is 2.29. The summed E-state index contributed by atoms with van der Waals surface area (Å²) in [6.07, 6.45) is 0. The van der Waals surface area contributed by atoms with E-state index in [-0.39, 0.29) is 11.5 Å². The van der Waals surface area contributed by atoms with Crippen molar-refractivity contribution >= 4 is 17.1 Å². The van der Waals surface area contributed by atoms with Gasteiger partial charge < -0.3 is 15.7 Å². The highest BCUT2D eigenvalue weighted by Crippen LogP contribution is 2.03. The first-order valence-corrected chi connectivity index (χ1v) is 3.39. The minimum Gasteiger partial charge on any atom is -0.369 e. The van der Waals surface area contributed by atoms with Gasteiger partial charge in [0.05, 0.1) is 0 Å². The number of rotatable bonds is 0. The molecule has 0 saturated carbocycles. The topological polar surface area (TPSA) is 100 Å². The predicted octanol–water partition coefficient (Wildman–Crippen LogP) is -0.463. The lowest BCUT2D eigenvalue weighted by molar-refractivity contribution is 1.05. The minimum atomic E-state index is -0.248. The number of nitrogens with two attached hydrogens (primary N) is 1. The number of nitrogens with one attached hydrogen (secondary N) is 2. The number of aryl methyl sites for hydroxylation is 1. The number of anilines is 1. The first kappa shape index (κ1) is 6.84. The molecule has 62 valence electrons. The highest BCUT2D eigenvalue weighted by Gasteiger charge is 2.04. The molecular weight excluding hydrogens is 158 g/mol. The molecule has 0 radical (unpaired) electrons. The molecule has 0 aliphatic carbocycles. The van der Waals surface area contributed by atoms with Crippen molar-refractivity contribution < 1.29 is 0 Å². The first-order chi connectivity index (χ1) is 5.66. The van der Waals surface area contributed by atoms with Gasteiger partial charge in [-0.3, -0.25) is 4.79 Å². The molecule has 2 aromatic rings. The Bertz CT molecular complexity index is 482. The van der Waals surface area contributed by atoms with Crippen LogP contribution >= 0.6 is 0 Å². The molecule has 0 aliphatic heterocycles. The van der Waals surface area contributed by atoms with Crippen LogP contribution in [0.15, 0.2) is 4.79 Å². The number of nitrogen functional groups attached to an aromatic ring is 1. The molecule has 0 amide bonds. The fourth-order valence-electron chi connectivity index (χ4n) is 1.03. The van der Waals surface area contributed by atoms with E-state index in [9.17, 15) is 4.79 Å². The quantitative estimate of drug-likeness (QED) is 0.491. The molecule has 0 aromatic carbocycles. The molecule has 0 atom stereocenters. The molecule has 6 nitrogen and oxygen atoms in total. The summed E-state index contributed by atoms with van der Waals surface area (Å²) >= 11 is 0. The third-order valence-corrected chi connectivity index (χ3v) is 1.50. The molecule has 0 fully saturated rings. The normalized spacial score (nSPS) is 10.8. The molecule has 0 saturated heterocycles. The Morgan fingerprint density at radius 1 is 1.33 bits per heavy atom. The van der Waals surface area contributed by atoms with Gasteiger partial charge in [-0.25, -0.2) is 4.98 Å². The second kappa shape index (κ2) is 2.07. The third-order valence-electron chi connectivity index (χ3n) is 1.50. The molecule has 2 rings (SSSR count). The zero-order valence-corrected chi connectivity index (χ0v) is 6.38. The number of aromatic amines is 2. The van der Waals surface area contributed by atoms with Crippen LogP contribution in [0.4, 0.5) is 5.95 Å². The van der Waals surface area contributed by atoms with Gasteiger partial charge in [-0.15, -0.1) is 0 Å². The molecule has 0 unspecified atom stereocenters. The van der Waals surface area contributed by atoms with Crippen LogP contribution < -0.4 is 11.3 Å². The smallest absolute Gasteiger partial charge is 0.277 e. The highest BCUT2D eigenvalue weighted by molar-refractivity contribution is 5.71. The van der Waals surface area contributed by atoms with Crippen LogP contribution in [0.25, 0.3) is 11.2 Å². The van der Waals surface area contributed by atoms with Gasteiger partial charge in [0, 0.05) is 0 Å². The van der Waals surface area contributed by atoms with Crippen LogP contribution in [0.3, 0.4) is 0 Å². The fourth-order valence-corrected chi connectivity index (χ4v) is 1.03. The van der Waals surface area contributed by atoms with Crippen molar-refractivity contribution in [2.24, 2.45) is 0 Å². The zero-order chi connectivity index (χ0) is 8.72. The molecule has 4 N–H and O–H groups in total. The van der Waals surface area contributed by atoms with Crippen molar-refractivity contribution in [1.29, 1.82) is 0 Å². The average molecular weight is 165 g/mol. The van der Waals surface area contributed by atoms with Crippen molar-refractivity contribution in [2.75, 3.05) is 5.73 Å². The molecule has 0 bridgehead atoms. The van der Waals surface area contributed by atoms with Crippen molar-refractivity contribution in [1.82, 2.24) is 19.9 Å². The van der Waals surface area contributed by atoms with Gasteiger partial charge in [0.1, 0.15) is 5.82 Å². The molecule has 2 heterocycles. The fraction of sp³-hybridized carbons (Fsp3) is 0.167. The molecular formula is C6H7N5O. The number of imidazole rings is 1. The summed E-state index contributed by atoms with van der Waals surface area (Å²) in [5.41, 5.74) is 5.77. The SMILES string of the molecule is Cc1nc2nc(N)[nH]c2c(=O)[nH]1. The van der Waals surface area contributed by atoms with E-state index in [0.717, 1.165) is 0 Å². The van der Waals surface area contributed by atoms with E-state index in [1.807, 2.05) is 0 Å². The van der Waals surface area contributed by atoms with E-state index in [2.05, 4.69) is 19.9 Å². The largest absolute Gasteiger partial charge is 0.369 e. The number of H-pyrrole nitrogens is 2. The summed E-state index contributed by atoms with van der Waals surface area (Å²) in [5, 5.41) is 0. The summed E-state index contributed by atoms with van der Waals surface area (Å²) < 4.78 is 0. The van der Waals surface area contributed by atoms with E-state index < -0.39 is 0 Å². The third kappa shape index (κ3) is 0.849. The first-order valence-electron chi connectivity index (χ1n) is 3.39. The Kier molecular flexibility index (Phi) is 1.18. The van der Waals surface area contributed by atoms with Crippen LogP contribution in [0.2, 0.25) is 0 Å². The maximum Gasteiger partial charge on any atom is 0.277 e. The van der Waals surface area contributed by atoms with Crippen LogP contribution in [-0.2, 0) is 0 Å². The highest BCUT2D eigenvalue weighted by atomic mass is 16.1. The van der Waals surface area contributed by atoms with Gasteiger partial charge in [0.15, 0.2) is 17.1 Å². The van der Waals surface area contributed by atoms with Gasteiger partial charge in [-0.2, -0.15) is 4.98 Å². The van der Waals surface area contributed by atoms with E-state index >= 15 is 0 Å². The molecule has 0 aliphatic rings. The number of nitrogens with zero attached hydrogens (tertiary/aromatic N) is 2. The lowest BCUT2D eigenvalue weighted by Crippen LogP contribution is -2.09. The Morgan fingerprint density at radius 2 is 2.08 bits per heavy atom. The standard InChI is InChI=1S/C6H7N5O/c1-2-8-4-3(5(12)9-2)10-6(7)11-4/h1H3,(H4,7,8,9,10,11,12). The Balaban J connectivity index is 2.98. The molecule has 12 heavy (non-hydrogen) atoms. The monoisotopic (exact) mass is 165 g/mol. The maximum atomic E-state index is 11.2. The second-order valence-electron chi connectivity index (χ2n) is 2.47. The molecule has 0 spiro atoms. The number of hydrogen-bond acceptors (Lipinski definition) is 4. The van der Waals surface area contributed by atoms with Crippen LogP contribution in [-0.4, -0.2) is 19.9 Å². The minimum absolute atomic E-state index is 0.202. The van der Waals surface area contributed by atoms with Crippen molar-refractivity contribution in [3.05, 3.63) is 16.2 Å². The van der Waals surface area contributed by atoms with Crippen molar-refractivity contribution in [3.8, 4) is 0 Å². The van der Waals surface area contributed by atoms with Gasteiger partial charge in [-0.1, -0.05) is 0 Å². The summed E-state index contributed by atoms with van der Waals surface area (Å²) in [6.45, 7) is 1.69. The van der Waals surface area contributed by atoms with Gasteiger partial charge in [0.25, 0.3) is 5.56 Å². The Hall–Kier alpha value is -1.85. The van der Waals surface area contributed by atoms with Crippen LogP contribution in [0.1, 0.15) is 5.82 Å². The summed E-state index contributed by atoms with van der Waals surface area (Å²) in [4.78, 5) is 24.1. The van der Waals surface area contributed by atoms with Gasteiger partial charge in [-0.05, 0) is 6.92 Å². The van der Waals surface area contributed by atoms with E-state index in [4.69, 9.17) is 5.73 Å². The van der Waals surface area contributed by atoms with E-state index in [0.29, 0.717) is 17.0 Å². The summed E-state index contributed by atoms with van der Waals surface area (Å²) in [7, 11) is 0. The number of fused-ring (bicyclic) bond motifs is 1. The second-order valence-corrected chi connectivity index (χ2v) is 2.47. The van der Waals surface area contributed by atoms with E-state index in [1.54, 1.807) is 6.92 Å². The van der Waals surface area contributed by atoms with Crippen LogP contribution in [0, 0.1) is 6.92 Å². The Morgan fingerprint density at radius 3 is 2.83 bits per heavy atom. The van der Waals surface area contributed by atoms with Crippen LogP contribution in [0.5, 0.6) is 0 Å². The van der Waals surface area contributed by atoms with Crippen molar-refractivity contribution in [3.63, 3.8) is 0 Å². The Labute approximate surface area is 66.8 Å². The molecule has 6 heteroatoms. The number of aromatic nitrogens is 4. The lowest BCUT2D eigenvalue weighted by Gasteiger charge is -1.88. The van der Waals surface area contributed by atoms with Gasteiger partial charge in [0.2, 0.25) is 0 Å². The van der Waals surface area contributed by atoms with E-state index in [1.165, 1.54) is 0 Å². The zero-order valence-electron chi connectivity index (χ0n) is 6.38. The predicted molar refractivity (Wildman–Crippen MR) is 43.7 cm³/mol.